The van der Waals surface area contributed by atoms with E-state index in [9.17, 15) is 9.59 Å². The first kappa shape index (κ1) is 16.6. The van der Waals surface area contributed by atoms with Crippen LogP contribution in [0, 0.1) is 0 Å². The molecular weight excluding hydrogens is 326 g/mol. The Labute approximate surface area is 153 Å². The molecule has 2 aromatic rings. The fourth-order valence-electron chi connectivity index (χ4n) is 4.06. The van der Waals surface area contributed by atoms with Crippen LogP contribution in [-0.2, 0) is 16.0 Å². The van der Waals surface area contributed by atoms with Gasteiger partial charge in [-0.05, 0) is 44.0 Å². The SMILES string of the molecule is CC1Cc2ccccc2N1CC(=O)N1c2ccccc2NC(=O)CC1C. The summed E-state index contributed by atoms with van der Waals surface area (Å²) in [5.74, 6) is -0.0369. The molecule has 134 valence electrons. The molecule has 5 nitrogen and oxygen atoms in total. The van der Waals surface area contributed by atoms with Gasteiger partial charge in [0, 0.05) is 24.2 Å². The Bertz CT molecular complexity index is 864. The van der Waals surface area contributed by atoms with Gasteiger partial charge in [-0.25, -0.2) is 0 Å². The summed E-state index contributed by atoms with van der Waals surface area (Å²) in [6.45, 7) is 4.39. The molecule has 0 saturated heterocycles. The molecule has 2 heterocycles. The van der Waals surface area contributed by atoms with E-state index in [0.717, 1.165) is 17.8 Å². The standard InChI is InChI=1S/C21H23N3O2/c1-14-11-16-7-3-5-9-18(16)23(14)13-21(26)24-15(2)12-20(25)22-17-8-4-6-10-19(17)24/h3-10,14-15H,11-13H2,1-2H3,(H,22,25). The lowest BCUT2D eigenvalue weighted by Gasteiger charge is -2.32. The number of carbonyl (C=O) groups is 2. The summed E-state index contributed by atoms with van der Waals surface area (Å²) in [5, 5.41) is 2.91. The zero-order valence-electron chi connectivity index (χ0n) is 15.1. The van der Waals surface area contributed by atoms with Crippen LogP contribution in [0.4, 0.5) is 17.1 Å². The molecule has 0 spiro atoms. The predicted molar refractivity (Wildman–Crippen MR) is 104 cm³/mol. The summed E-state index contributed by atoms with van der Waals surface area (Å²) in [4.78, 5) is 29.4. The Morgan fingerprint density at radius 2 is 1.69 bits per heavy atom. The van der Waals surface area contributed by atoms with Gasteiger partial charge in [0.1, 0.15) is 0 Å². The smallest absolute Gasteiger partial charge is 0.246 e. The monoisotopic (exact) mass is 349 g/mol. The summed E-state index contributed by atoms with van der Waals surface area (Å²) in [6, 6.07) is 15.9. The van der Waals surface area contributed by atoms with Gasteiger partial charge in [0.25, 0.3) is 0 Å². The van der Waals surface area contributed by atoms with Crippen LogP contribution in [0.3, 0.4) is 0 Å². The summed E-state index contributed by atoms with van der Waals surface area (Å²) in [7, 11) is 0. The number of para-hydroxylation sites is 3. The summed E-state index contributed by atoms with van der Waals surface area (Å²) in [5.41, 5.74) is 3.90. The molecule has 2 aromatic carbocycles. The number of benzene rings is 2. The molecule has 0 radical (unpaired) electrons. The zero-order chi connectivity index (χ0) is 18.3. The number of rotatable bonds is 2. The molecule has 2 aliphatic rings. The summed E-state index contributed by atoms with van der Waals surface area (Å²) < 4.78 is 0. The Balaban J connectivity index is 1.65. The van der Waals surface area contributed by atoms with E-state index in [1.807, 2.05) is 43.3 Å². The van der Waals surface area contributed by atoms with Gasteiger partial charge in [-0.1, -0.05) is 30.3 Å². The predicted octanol–water partition coefficient (Wildman–Crippen LogP) is 3.20. The minimum absolute atomic E-state index is 0.0185. The molecule has 0 saturated carbocycles. The van der Waals surface area contributed by atoms with Gasteiger partial charge in [0.05, 0.1) is 17.9 Å². The van der Waals surface area contributed by atoms with Crippen LogP contribution < -0.4 is 15.1 Å². The average Bonchev–Trinajstić information content (AvgIpc) is 2.84. The van der Waals surface area contributed by atoms with Gasteiger partial charge in [0.2, 0.25) is 11.8 Å². The van der Waals surface area contributed by atoms with E-state index < -0.39 is 0 Å². The van der Waals surface area contributed by atoms with Crippen LogP contribution in [0.15, 0.2) is 48.5 Å². The van der Waals surface area contributed by atoms with Crippen molar-refractivity contribution in [2.45, 2.75) is 38.8 Å². The molecule has 0 bridgehead atoms. The average molecular weight is 349 g/mol. The van der Waals surface area contributed by atoms with E-state index in [0.29, 0.717) is 18.7 Å². The lowest BCUT2D eigenvalue weighted by atomic mass is 10.1. The Morgan fingerprint density at radius 1 is 1.00 bits per heavy atom. The van der Waals surface area contributed by atoms with Crippen molar-refractivity contribution in [2.75, 3.05) is 21.7 Å². The van der Waals surface area contributed by atoms with Crippen molar-refractivity contribution in [3.05, 3.63) is 54.1 Å². The topological polar surface area (TPSA) is 52.7 Å². The van der Waals surface area contributed by atoms with Gasteiger partial charge < -0.3 is 15.1 Å². The van der Waals surface area contributed by atoms with Crippen molar-refractivity contribution in [1.82, 2.24) is 0 Å². The number of nitrogens with zero attached hydrogens (tertiary/aromatic N) is 2. The number of amides is 2. The maximum absolute atomic E-state index is 13.3. The van der Waals surface area contributed by atoms with Crippen molar-refractivity contribution in [1.29, 1.82) is 0 Å². The minimum atomic E-state index is -0.181. The summed E-state index contributed by atoms with van der Waals surface area (Å²) in [6.07, 6.45) is 1.25. The van der Waals surface area contributed by atoms with Gasteiger partial charge in [-0.15, -0.1) is 0 Å². The lowest BCUT2D eigenvalue weighted by Crippen LogP contribution is -2.46. The molecule has 1 N–H and O–H groups in total. The first-order valence-corrected chi connectivity index (χ1v) is 9.10. The van der Waals surface area contributed by atoms with Gasteiger partial charge in [0.15, 0.2) is 0 Å². The van der Waals surface area contributed by atoms with Crippen LogP contribution >= 0.6 is 0 Å². The molecule has 2 aliphatic heterocycles. The molecule has 2 amide bonds. The highest BCUT2D eigenvalue weighted by Crippen LogP contribution is 2.34. The van der Waals surface area contributed by atoms with Crippen LogP contribution in [0.1, 0.15) is 25.8 Å². The molecule has 0 aliphatic carbocycles. The lowest BCUT2D eigenvalue weighted by molar-refractivity contribution is -0.118. The fraction of sp³-hybridized carbons (Fsp3) is 0.333. The van der Waals surface area contributed by atoms with Crippen LogP contribution in [0.25, 0.3) is 0 Å². The minimum Gasteiger partial charge on any atom is -0.359 e. The quantitative estimate of drug-likeness (QED) is 0.906. The van der Waals surface area contributed by atoms with Crippen LogP contribution in [0.2, 0.25) is 0 Å². The number of fused-ring (bicyclic) bond motifs is 2. The molecule has 2 unspecified atom stereocenters. The number of anilines is 3. The van der Waals surface area contributed by atoms with Crippen molar-refractivity contribution in [3.8, 4) is 0 Å². The molecule has 0 aromatic heterocycles. The maximum atomic E-state index is 13.3. The second kappa shape index (κ2) is 6.48. The highest BCUT2D eigenvalue weighted by Gasteiger charge is 2.33. The van der Waals surface area contributed by atoms with Gasteiger partial charge >= 0.3 is 0 Å². The van der Waals surface area contributed by atoms with E-state index in [1.54, 1.807) is 4.90 Å². The first-order valence-electron chi connectivity index (χ1n) is 9.10. The zero-order valence-corrected chi connectivity index (χ0v) is 15.1. The molecule has 26 heavy (non-hydrogen) atoms. The first-order chi connectivity index (χ1) is 12.5. The van der Waals surface area contributed by atoms with E-state index in [4.69, 9.17) is 0 Å². The highest BCUT2D eigenvalue weighted by molar-refractivity contribution is 6.05. The van der Waals surface area contributed by atoms with Crippen LogP contribution in [-0.4, -0.2) is 30.4 Å². The molecule has 2 atom stereocenters. The molecule has 0 fully saturated rings. The Morgan fingerprint density at radius 3 is 2.50 bits per heavy atom. The Kier molecular flexibility index (Phi) is 4.15. The Hall–Kier alpha value is -2.82. The molecule has 4 rings (SSSR count). The number of nitrogens with one attached hydrogen (secondary N) is 1. The third kappa shape index (κ3) is 2.83. The largest absolute Gasteiger partial charge is 0.359 e. The molecule has 5 heteroatoms. The second-order valence-electron chi connectivity index (χ2n) is 7.19. The van der Waals surface area contributed by atoms with Crippen molar-refractivity contribution in [3.63, 3.8) is 0 Å². The third-order valence-corrected chi connectivity index (χ3v) is 5.28. The van der Waals surface area contributed by atoms with E-state index in [2.05, 4.69) is 29.3 Å². The van der Waals surface area contributed by atoms with Gasteiger partial charge in [-0.2, -0.15) is 0 Å². The number of hydrogen-bond donors (Lipinski definition) is 1. The third-order valence-electron chi connectivity index (χ3n) is 5.28. The molecular formula is C21H23N3O2. The van der Waals surface area contributed by atoms with Crippen molar-refractivity contribution < 1.29 is 9.59 Å². The van der Waals surface area contributed by atoms with Gasteiger partial charge in [-0.3, -0.25) is 9.59 Å². The van der Waals surface area contributed by atoms with E-state index in [-0.39, 0.29) is 23.9 Å². The fourth-order valence-corrected chi connectivity index (χ4v) is 4.06. The van der Waals surface area contributed by atoms with E-state index in [1.165, 1.54) is 5.56 Å². The normalized spacial score (nSPS) is 21.7. The van der Waals surface area contributed by atoms with Crippen LogP contribution in [0.5, 0.6) is 0 Å². The second-order valence-corrected chi connectivity index (χ2v) is 7.19. The van der Waals surface area contributed by atoms with Crippen molar-refractivity contribution in [2.24, 2.45) is 0 Å². The van der Waals surface area contributed by atoms with Crippen molar-refractivity contribution >= 4 is 28.9 Å². The number of carbonyl (C=O) groups excluding carboxylic acids is 2. The highest BCUT2D eigenvalue weighted by atomic mass is 16.2. The maximum Gasteiger partial charge on any atom is 0.246 e. The number of hydrogen-bond acceptors (Lipinski definition) is 3. The van der Waals surface area contributed by atoms with E-state index >= 15 is 0 Å². The summed E-state index contributed by atoms with van der Waals surface area (Å²) >= 11 is 0.